The monoisotopic (exact) mass is 429 g/mol. The summed E-state index contributed by atoms with van der Waals surface area (Å²) in [6, 6.07) is 25.4. The van der Waals surface area contributed by atoms with Crippen LogP contribution in [-0.2, 0) is 17.9 Å². The number of benzene rings is 3. The van der Waals surface area contributed by atoms with Crippen LogP contribution >= 0.6 is 0 Å². The first-order valence-corrected chi connectivity index (χ1v) is 10.7. The lowest BCUT2D eigenvalue weighted by Gasteiger charge is -2.18. The highest BCUT2D eigenvalue weighted by atomic mass is 16.5. The Bertz CT molecular complexity index is 1050. The number of hydrogen-bond donors (Lipinski definition) is 1. The van der Waals surface area contributed by atoms with Gasteiger partial charge in [0.15, 0.2) is 0 Å². The highest BCUT2D eigenvalue weighted by Gasteiger charge is 2.30. The highest BCUT2D eigenvalue weighted by molar-refractivity contribution is 5.96. The second kappa shape index (κ2) is 10.0. The third kappa shape index (κ3) is 5.46. The molecular weight excluding hydrogens is 402 g/mol. The van der Waals surface area contributed by atoms with Gasteiger partial charge in [0.1, 0.15) is 18.9 Å². The fourth-order valence-corrected chi connectivity index (χ4v) is 3.57. The van der Waals surface area contributed by atoms with Crippen LogP contribution < -0.4 is 15.0 Å². The van der Waals surface area contributed by atoms with Crippen LogP contribution in [0.1, 0.15) is 16.7 Å². The number of carbonyl (C=O) groups excluding carboxylic acids is 2. The molecule has 3 aromatic carbocycles. The van der Waals surface area contributed by atoms with E-state index >= 15 is 0 Å². The van der Waals surface area contributed by atoms with Crippen LogP contribution in [0, 0.1) is 6.92 Å². The number of anilines is 1. The van der Waals surface area contributed by atoms with Crippen LogP contribution in [0.2, 0.25) is 0 Å². The third-order valence-electron chi connectivity index (χ3n) is 5.44. The Morgan fingerprint density at radius 3 is 2.34 bits per heavy atom. The minimum Gasteiger partial charge on any atom is -0.489 e. The van der Waals surface area contributed by atoms with E-state index in [1.54, 1.807) is 9.80 Å². The van der Waals surface area contributed by atoms with Gasteiger partial charge in [0.25, 0.3) is 0 Å². The van der Waals surface area contributed by atoms with Crippen molar-refractivity contribution < 1.29 is 14.3 Å². The fourth-order valence-electron chi connectivity index (χ4n) is 3.57. The molecule has 0 saturated carbocycles. The SMILES string of the molecule is Cc1ccc(N2CCN(CC(=O)NCc3ccc(OCc4ccccc4)cc3)C2=O)cc1. The predicted molar refractivity (Wildman–Crippen MR) is 125 cm³/mol. The zero-order valence-corrected chi connectivity index (χ0v) is 18.2. The van der Waals surface area contributed by atoms with E-state index in [4.69, 9.17) is 4.74 Å². The van der Waals surface area contributed by atoms with Crippen LogP contribution in [0.15, 0.2) is 78.9 Å². The number of ether oxygens (including phenoxy) is 1. The molecular formula is C26H27N3O3. The van der Waals surface area contributed by atoms with Crippen LogP contribution in [0.3, 0.4) is 0 Å². The van der Waals surface area contributed by atoms with E-state index in [9.17, 15) is 9.59 Å². The van der Waals surface area contributed by atoms with Gasteiger partial charge in [0.2, 0.25) is 5.91 Å². The van der Waals surface area contributed by atoms with E-state index in [-0.39, 0.29) is 18.5 Å². The van der Waals surface area contributed by atoms with E-state index in [0.29, 0.717) is 26.2 Å². The van der Waals surface area contributed by atoms with Gasteiger partial charge in [-0.2, -0.15) is 0 Å². The smallest absolute Gasteiger partial charge is 0.325 e. The van der Waals surface area contributed by atoms with Crippen molar-refractivity contribution in [1.29, 1.82) is 0 Å². The predicted octanol–water partition coefficient (Wildman–Crippen LogP) is 4.13. The molecule has 32 heavy (non-hydrogen) atoms. The van der Waals surface area contributed by atoms with Gasteiger partial charge in [-0.15, -0.1) is 0 Å². The van der Waals surface area contributed by atoms with E-state index < -0.39 is 0 Å². The molecule has 1 aliphatic rings. The van der Waals surface area contributed by atoms with E-state index in [1.807, 2.05) is 85.8 Å². The molecule has 1 fully saturated rings. The molecule has 3 aromatic rings. The van der Waals surface area contributed by atoms with Gasteiger partial charge in [-0.05, 0) is 42.3 Å². The summed E-state index contributed by atoms with van der Waals surface area (Å²) in [7, 11) is 0. The standard InChI is InChI=1S/C26H27N3O3/c1-20-7-11-23(12-8-20)29-16-15-28(26(29)31)18-25(30)27-17-21-9-13-24(14-10-21)32-19-22-5-3-2-4-6-22/h2-14H,15-19H2,1H3,(H,27,30). The van der Waals surface area contributed by atoms with Gasteiger partial charge in [0.05, 0.1) is 0 Å². The first-order chi connectivity index (χ1) is 15.6. The molecule has 0 aliphatic carbocycles. The highest BCUT2D eigenvalue weighted by Crippen LogP contribution is 2.20. The maximum Gasteiger partial charge on any atom is 0.325 e. The summed E-state index contributed by atoms with van der Waals surface area (Å²) in [5.74, 6) is 0.608. The van der Waals surface area contributed by atoms with Gasteiger partial charge in [-0.25, -0.2) is 4.79 Å². The second-order valence-electron chi connectivity index (χ2n) is 7.89. The van der Waals surface area contributed by atoms with E-state index in [2.05, 4.69) is 5.32 Å². The number of nitrogens with zero attached hydrogens (tertiary/aromatic N) is 2. The fraction of sp³-hybridized carbons (Fsp3) is 0.231. The summed E-state index contributed by atoms with van der Waals surface area (Å²) in [5, 5.41) is 2.89. The molecule has 4 rings (SSSR count). The molecule has 1 aliphatic heterocycles. The van der Waals surface area contributed by atoms with Crippen molar-refractivity contribution in [1.82, 2.24) is 10.2 Å². The Kier molecular flexibility index (Phi) is 6.70. The van der Waals surface area contributed by atoms with Crippen LogP contribution in [-0.4, -0.2) is 36.5 Å². The molecule has 0 aromatic heterocycles. The molecule has 1 N–H and O–H groups in total. The topological polar surface area (TPSA) is 61.9 Å². The zero-order chi connectivity index (χ0) is 22.3. The summed E-state index contributed by atoms with van der Waals surface area (Å²) in [4.78, 5) is 28.3. The van der Waals surface area contributed by atoms with Gasteiger partial charge >= 0.3 is 6.03 Å². The second-order valence-corrected chi connectivity index (χ2v) is 7.89. The largest absolute Gasteiger partial charge is 0.489 e. The summed E-state index contributed by atoms with van der Waals surface area (Å²) < 4.78 is 5.79. The first kappa shape index (κ1) is 21.4. The molecule has 0 atom stereocenters. The Morgan fingerprint density at radius 2 is 1.62 bits per heavy atom. The van der Waals surface area contributed by atoms with Crippen molar-refractivity contribution in [3.63, 3.8) is 0 Å². The number of amides is 3. The Morgan fingerprint density at radius 1 is 0.906 bits per heavy atom. The van der Waals surface area contributed by atoms with Crippen LogP contribution in [0.5, 0.6) is 5.75 Å². The lowest BCUT2D eigenvalue weighted by atomic mass is 10.2. The van der Waals surface area contributed by atoms with E-state index in [0.717, 1.165) is 28.1 Å². The molecule has 3 amide bonds. The number of carbonyl (C=O) groups is 2. The van der Waals surface area contributed by atoms with Crippen LogP contribution in [0.25, 0.3) is 0 Å². The minimum atomic E-state index is -0.173. The van der Waals surface area contributed by atoms with Gasteiger partial charge in [-0.3, -0.25) is 9.69 Å². The molecule has 6 heteroatoms. The van der Waals surface area contributed by atoms with Gasteiger partial charge < -0.3 is 15.0 Å². The molecule has 0 unspecified atom stereocenters. The lowest BCUT2D eigenvalue weighted by Crippen LogP contribution is -2.39. The minimum absolute atomic E-state index is 0.0550. The van der Waals surface area contributed by atoms with Crippen molar-refractivity contribution in [2.45, 2.75) is 20.1 Å². The molecule has 6 nitrogen and oxygen atoms in total. The maximum atomic E-state index is 12.7. The Hall–Kier alpha value is -3.80. The summed E-state index contributed by atoms with van der Waals surface area (Å²) in [5.41, 5.74) is 4.09. The third-order valence-corrected chi connectivity index (χ3v) is 5.44. The number of hydrogen-bond acceptors (Lipinski definition) is 3. The quantitative estimate of drug-likeness (QED) is 0.586. The Labute approximate surface area is 188 Å². The zero-order valence-electron chi connectivity index (χ0n) is 18.2. The molecule has 0 radical (unpaired) electrons. The number of rotatable bonds is 8. The van der Waals surface area contributed by atoms with Crippen molar-refractivity contribution in [3.05, 3.63) is 95.6 Å². The normalized spacial score (nSPS) is 13.3. The lowest BCUT2D eigenvalue weighted by molar-refractivity contribution is -0.121. The molecule has 0 bridgehead atoms. The van der Waals surface area contributed by atoms with Crippen molar-refractivity contribution >= 4 is 17.6 Å². The van der Waals surface area contributed by atoms with Crippen molar-refractivity contribution in [2.24, 2.45) is 0 Å². The molecule has 1 heterocycles. The number of aryl methyl sites for hydroxylation is 1. The average molecular weight is 430 g/mol. The average Bonchev–Trinajstić information content (AvgIpc) is 3.18. The summed E-state index contributed by atoms with van der Waals surface area (Å²) in [6.45, 7) is 4.10. The number of nitrogens with one attached hydrogen (secondary N) is 1. The van der Waals surface area contributed by atoms with Crippen molar-refractivity contribution in [2.75, 3.05) is 24.5 Å². The molecule has 164 valence electrons. The summed E-state index contributed by atoms with van der Waals surface area (Å²) in [6.07, 6.45) is 0. The maximum absolute atomic E-state index is 12.7. The molecule has 0 spiro atoms. The van der Waals surface area contributed by atoms with Gasteiger partial charge in [0, 0.05) is 25.3 Å². The molecule has 1 saturated heterocycles. The number of urea groups is 1. The Balaban J connectivity index is 1.22. The van der Waals surface area contributed by atoms with Crippen molar-refractivity contribution in [3.8, 4) is 5.75 Å². The van der Waals surface area contributed by atoms with E-state index in [1.165, 1.54) is 0 Å². The van der Waals surface area contributed by atoms with Gasteiger partial charge in [-0.1, -0.05) is 60.2 Å². The summed E-state index contributed by atoms with van der Waals surface area (Å²) >= 11 is 0. The van der Waals surface area contributed by atoms with Crippen LogP contribution in [0.4, 0.5) is 10.5 Å². The first-order valence-electron chi connectivity index (χ1n) is 10.7.